The molecule has 0 aliphatic rings. The van der Waals surface area contributed by atoms with E-state index in [1.807, 2.05) is 0 Å². The van der Waals surface area contributed by atoms with Crippen LogP contribution in [0.1, 0.15) is 393 Å². The lowest BCUT2D eigenvalue weighted by Crippen LogP contribution is -2.30. The van der Waals surface area contributed by atoms with Crippen LogP contribution in [0.3, 0.4) is 0 Å². The summed E-state index contributed by atoms with van der Waals surface area (Å²) in [5.74, 6) is -0.847. The highest BCUT2D eigenvalue weighted by molar-refractivity contribution is 5.71. The van der Waals surface area contributed by atoms with Gasteiger partial charge in [0, 0.05) is 19.3 Å². The Bertz CT molecular complexity index is 1170. The van der Waals surface area contributed by atoms with Gasteiger partial charge in [-0.25, -0.2) is 0 Å². The molecule has 0 spiro atoms. The highest BCUT2D eigenvalue weighted by Gasteiger charge is 2.19. The van der Waals surface area contributed by atoms with Gasteiger partial charge in [0.05, 0.1) is 0 Å². The minimum atomic E-state index is -0.768. The molecule has 0 saturated carbocycles. The summed E-state index contributed by atoms with van der Waals surface area (Å²) in [5.41, 5.74) is 0. The first-order valence-corrected chi connectivity index (χ1v) is 34.2. The standard InChI is InChI=1S/C69H132O6/c1-4-7-10-13-16-19-22-24-26-28-30-31-32-33-34-35-36-37-38-39-40-42-43-45-47-50-53-56-59-62-68(71)74-65-66(64-73-67(70)61-58-55-52-49-21-18-15-12-9-6-3)75-69(72)63-60-57-54-51-48-46-44-41-29-27-25-23-20-17-14-11-8-5-2/h12,15,66H,4-11,13-14,16-65H2,1-3H3/b15-12-. The fraction of sp³-hybridized carbons (Fsp3) is 0.928. The number of esters is 3. The van der Waals surface area contributed by atoms with E-state index in [2.05, 4.69) is 32.9 Å². The molecule has 0 fully saturated rings. The van der Waals surface area contributed by atoms with Crippen LogP contribution in [0.2, 0.25) is 0 Å². The molecular formula is C69H132O6. The third-order valence-corrected chi connectivity index (χ3v) is 15.8. The molecule has 0 heterocycles. The second kappa shape index (κ2) is 64.7. The van der Waals surface area contributed by atoms with E-state index in [-0.39, 0.29) is 31.1 Å². The van der Waals surface area contributed by atoms with E-state index in [0.29, 0.717) is 19.3 Å². The molecule has 1 unspecified atom stereocenters. The molecule has 75 heavy (non-hydrogen) atoms. The number of unbranched alkanes of at least 4 members (excludes halogenated alkanes) is 51. The number of carbonyl (C=O) groups excluding carboxylic acids is 3. The minimum absolute atomic E-state index is 0.0662. The first-order chi connectivity index (χ1) is 37.0. The summed E-state index contributed by atoms with van der Waals surface area (Å²) < 4.78 is 16.9. The molecule has 0 aromatic rings. The van der Waals surface area contributed by atoms with E-state index >= 15 is 0 Å². The van der Waals surface area contributed by atoms with Crippen molar-refractivity contribution in [2.45, 2.75) is 399 Å². The molecule has 0 rings (SSSR count). The normalized spacial score (nSPS) is 12.0. The van der Waals surface area contributed by atoms with Gasteiger partial charge in [-0.2, -0.15) is 0 Å². The molecule has 0 aromatic heterocycles. The van der Waals surface area contributed by atoms with Crippen molar-refractivity contribution in [3.63, 3.8) is 0 Å². The van der Waals surface area contributed by atoms with E-state index in [1.165, 1.54) is 283 Å². The van der Waals surface area contributed by atoms with Gasteiger partial charge in [0.2, 0.25) is 0 Å². The maximum atomic E-state index is 12.9. The Balaban J connectivity index is 4.07. The lowest BCUT2D eigenvalue weighted by Gasteiger charge is -2.18. The predicted octanol–water partition coefficient (Wildman–Crippen LogP) is 23.2. The van der Waals surface area contributed by atoms with Crippen LogP contribution >= 0.6 is 0 Å². The largest absolute Gasteiger partial charge is 0.462 e. The van der Waals surface area contributed by atoms with E-state index in [1.54, 1.807) is 0 Å². The maximum absolute atomic E-state index is 12.9. The zero-order valence-corrected chi connectivity index (χ0v) is 51.1. The predicted molar refractivity (Wildman–Crippen MR) is 326 cm³/mol. The molecule has 0 bridgehead atoms. The Morgan fingerprint density at radius 2 is 0.467 bits per heavy atom. The molecule has 0 amide bonds. The molecule has 6 heteroatoms. The molecular weight excluding hydrogens is 925 g/mol. The third-order valence-electron chi connectivity index (χ3n) is 15.8. The second-order valence-electron chi connectivity index (χ2n) is 23.5. The van der Waals surface area contributed by atoms with Crippen molar-refractivity contribution in [2.75, 3.05) is 13.2 Å². The molecule has 0 saturated heterocycles. The van der Waals surface area contributed by atoms with Crippen LogP contribution in [0.5, 0.6) is 0 Å². The first-order valence-electron chi connectivity index (χ1n) is 34.2. The van der Waals surface area contributed by atoms with Crippen molar-refractivity contribution in [1.29, 1.82) is 0 Å². The fourth-order valence-electron chi connectivity index (χ4n) is 10.6. The summed E-state index contributed by atoms with van der Waals surface area (Å²) in [6, 6.07) is 0. The third kappa shape index (κ3) is 62.9. The molecule has 444 valence electrons. The van der Waals surface area contributed by atoms with Gasteiger partial charge in [-0.15, -0.1) is 0 Å². The summed E-state index contributed by atoms with van der Waals surface area (Å²) in [4.78, 5) is 38.2. The fourth-order valence-corrected chi connectivity index (χ4v) is 10.6. The van der Waals surface area contributed by atoms with Crippen molar-refractivity contribution in [1.82, 2.24) is 0 Å². The number of allylic oxidation sites excluding steroid dienone is 2. The Morgan fingerprint density at radius 3 is 0.720 bits per heavy atom. The van der Waals surface area contributed by atoms with E-state index in [4.69, 9.17) is 14.2 Å². The quantitative estimate of drug-likeness (QED) is 0.0261. The Hall–Kier alpha value is -1.85. The average molecular weight is 1060 g/mol. The van der Waals surface area contributed by atoms with Crippen LogP contribution in [-0.4, -0.2) is 37.2 Å². The molecule has 6 nitrogen and oxygen atoms in total. The van der Waals surface area contributed by atoms with Crippen LogP contribution in [0.25, 0.3) is 0 Å². The molecule has 0 radical (unpaired) electrons. The van der Waals surface area contributed by atoms with Gasteiger partial charge in [-0.1, -0.05) is 348 Å². The van der Waals surface area contributed by atoms with Crippen LogP contribution in [-0.2, 0) is 28.6 Å². The molecule has 0 aliphatic heterocycles. The van der Waals surface area contributed by atoms with Crippen molar-refractivity contribution >= 4 is 17.9 Å². The van der Waals surface area contributed by atoms with Crippen LogP contribution in [0.15, 0.2) is 12.2 Å². The van der Waals surface area contributed by atoms with E-state index in [0.717, 1.165) is 70.6 Å². The van der Waals surface area contributed by atoms with Crippen molar-refractivity contribution in [3.05, 3.63) is 12.2 Å². The maximum Gasteiger partial charge on any atom is 0.306 e. The van der Waals surface area contributed by atoms with Gasteiger partial charge in [-0.3, -0.25) is 14.4 Å². The SMILES string of the molecule is CCC/C=C\CCCCCCCC(=O)OCC(COC(=O)CCCCCCCCCCCCCCCCCCCCCCCCCCCCCCC)OC(=O)CCCCCCCCCCCCCCCCCCCC. The Kier molecular flexibility index (Phi) is 63.1. The Morgan fingerprint density at radius 1 is 0.253 bits per heavy atom. The number of hydrogen-bond acceptors (Lipinski definition) is 6. The molecule has 1 atom stereocenters. The van der Waals surface area contributed by atoms with Crippen LogP contribution in [0.4, 0.5) is 0 Å². The summed E-state index contributed by atoms with van der Waals surface area (Å²) >= 11 is 0. The zero-order chi connectivity index (χ0) is 54.3. The van der Waals surface area contributed by atoms with Gasteiger partial charge < -0.3 is 14.2 Å². The summed E-state index contributed by atoms with van der Waals surface area (Å²) in [6.07, 6.45) is 76.9. The number of rotatable bonds is 64. The smallest absolute Gasteiger partial charge is 0.306 e. The van der Waals surface area contributed by atoms with Gasteiger partial charge >= 0.3 is 17.9 Å². The topological polar surface area (TPSA) is 78.9 Å². The number of hydrogen-bond donors (Lipinski definition) is 0. The summed E-state index contributed by atoms with van der Waals surface area (Å²) in [5, 5.41) is 0. The van der Waals surface area contributed by atoms with E-state index < -0.39 is 6.10 Å². The van der Waals surface area contributed by atoms with Gasteiger partial charge in [-0.05, 0) is 38.5 Å². The molecule has 0 N–H and O–H groups in total. The van der Waals surface area contributed by atoms with Crippen molar-refractivity contribution in [3.8, 4) is 0 Å². The van der Waals surface area contributed by atoms with Gasteiger partial charge in [0.25, 0.3) is 0 Å². The number of ether oxygens (including phenoxy) is 3. The molecule has 0 aromatic carbocycles. The monoisotopic (exact) mass is 1060 g/mol. The zero-order valence-electron chi connectivity index (χ0n) is 51.1. The van der Waals surface area contributed by atoms with Crippen molar-refractivity contribution in [2.24, 2.45) is 0 Å². The summed E-state index contributed by atoms with van der Waals surface area (Å²) in [6.45, 7) is 6.65. The van der Waals surface area contributed by atoms with Crippen LogP contribution < -0.4 is 0 Å². The minimum Gasteiger partial charge on any atom is -0.462 e. The summed E-state index contributed by atoms with van der Waals surface area (Å²) in [7, 11) is 0. The Labute approximate surface area is 469 Å². The van der Waals surface area contributed by atoms with Crippen molar-refractivity contribution < 1.29 is 28.6 Å². The van der Waals surface area contributed by atoms with Gasteiger partial charge in [0.15, 0.2) is 6.10 Å². The highest BCUT2D eigenvalue weighted by Crippen LogP contribution is 2.19. The van der Waals surface area contributed by atoms with E-state index in [9.17, 15) is 14.4 Å². The molecule has 0 aliphatic carbocycles. The highest BCUT2D eigenvalue weighted by atomic mass is 16.6. The van der Waals surface area contributed by atoms with Gasteiger partial charge in [0.1, 0.15) is 13.2 Å². The number of carbonyl (C=O) groups is 3. The lowest BCUT2D eigenvalue weighted by molar-refractivity contribution is -0.167. The average Bonchev–Trinajstić information content (AvgIpc) is 3.41. The van der Waals surface area contributed by atoms with Crippen LogP contribution in [0, 0.1) is 0 Å². The second-order valence-corrected chi connectivity index (χ2v) is 23.5. The lowest BCUT2D eigenvalue weighted by atomic mass is 10.0. The first kappa shape index (κ1) is 73.2.